The van der Waals surface area contributed by atoms with Gasteiger partial charge in [0.1, 0.15) is 53.4 Å². The van der Waals surface area contributed by atoms with Gasteiger partial charge in [0.25, 0.3) is 0 Å². The monoisotopic (exact) mass is 589 g/mol. The van der Waals surface area contributed by atoms with Gasteiger partial charge in [0.15, 0.2) is 5.82 Å². The number of phenolic OH excluding ortho intramolecular Hbond substituents is 1. The number of likely N-dealkylation sites (N-methyl/N-ethyl adjacent to an activating group) is 1. The molecule has 0 bridgehead atoms. The first-order valence-electron chi connectivity index (χ1n) is 14.5. The molecule has 3 aliphatic heterocycles. The molecular weight excluding hydrogens is 559 g/mol. The van der Waals surface area contributed by atoms with E-state index in [9.17, 15) is 13.9 Å². The molecule has 3 atom stereocenters. The highest BCUT2D eigenvalue weighted by molar-refractivity contribution is 6.04. The highest BCUT2D eigenvalue weighted by Gasteiger charge is 2.49. The molecule has 8 nitrogen and oxygen atoms in total. The summed E-state index contributed by atoms with van der Waals surface area (Å²) < 4.78 is 58.2. The predicted molar refractivity (Wildman–Crippen MR) is 156 cm³/mol. The highest BCUT2D eigenvalue weighted by atomic mass is 19.1. The van der Waals surface area contributed by atoms with Crippen LogP contribution < -0.4 is 14.4 Å². The highest BCUT2D eigenvalue weighted by Crippen LogP contribution is 2.44. The van der Waals surface area contributed by atoms with Crippen molar-refractivity contribution in [2.24, 2.45) is 0 Å². The van der Waals surface area contributed by atoms with Gasteiger partial charge in [0, 0.05) is 30.5 Å². The van der Waals surface area contributed by atoms with Crippen molar-refractivity contribution >= 4 is 27.5 Å². The molecule has 0 aliphatic carbocycles. The molecule has 3 aliphatic rings. The third-order valence-electron chi connectivity index (χ3n) is 9.00. The van der Waals surface area contributed by atoms with Gasteiger partial charge in [-0.05, 0) is 56.8 Å². The lowest BCUT2D eigenvalue weighted by molar-refractivity contribution is 0.107. The van der Waals surface area contributed by atoms with Crippen LogP contribution in [0.4, 0.5) is 19.0 Å². The Labute approximate surface area is 246 Å². The summed E-state index contributed by atoms with van der Waals surface area (Å²) in [5.74, 6) is 1.20. The topological polar surface area (TPSA) is 83.8 Å². The molecule has 0 radical (unpaired) electrons. The molecule has 2 aromatic heterocycles. The van der Waals surface area contributed by atoms with Crippen molar-refractivity contribution in [3.63, 3.8) is 0 Å². The van der Waals surface area contributed by atoms with Gasteiger partial charge >= 0.3 is 6.01 Å². The lowest BCUT2D eigenvalue weighted by Gasteiger charge is -2.31. The standard InChI is InChI=1S/C32H30F3N5O3/c1-4-21-23(34)8-7-18-11-20(41)12-22(24(18)21)27-26(35)28-25-29(40(5-2)17(3)15-42-30(25)36-27)38-31(37-28)43-16-32-9-6-10-39(32)14-19(33)13-32/h1,7-8,11-12,17,19,41H,5-6,9-10,13-16H2,2-3H3/t17-,19+,32-/m0/s1. The van der Waals surface area contributed by atoms with Crippen LogP contribution in [0.25, 0.3) is 32.9 Å². The van der Waals surface area contributed by atoms with Crippen LogP contribution in [-0.4, -0.2) is 75.6 Å². The third kappa shape index (κ3) is 4.30. The number of rotatable bonds is 5. The lowest BCUT2D eigenvalue weighted by atomic mass is 9.95. The van der Waals surface area contributed by atoms with Gasteiger partial charge in [-0.2, -0.15) is 9.97 Å². The van der Waals surface area contributed by atoms with Gasteiger partial charge in [-0.15, -0.1) is 6.42 Å². The number of hydrogen-bond donors (Lipinski definition) is 1. The molecule has 2 saturated heterocycles. The van der Waals surface area contributed by atoms with E-state index >= 15 is 4.39 Å². The Bertz CT molecular complexity index is 1830. The molecule has 5 heterocycles. The average Bonchev–Trinajstić information content (AvgIpc) is 3.47. The minimum atomic E-state index is -0.928. The number of nitrogens with zero attached hydrogens (tertiary/aromatic N) is 5. The van der Waals surface area contributed by atoms with E-state index < -0.39 is 23.3 Å². The Hall–Kier alpha value is -4.30. The van der Waals surface area contributed by atoms with E-state index in [4.69, 9.17) is 20.9 Å². The number of halogens is 3. The van der Waals surface area contributed by atoms with E-state index in [1.807, 2.05) is 18.7 Å². The summed E-state index contributed by atoms with van der Waals surface area (Å²) in [6, 6.07) is 5.19. The summed E-state index contributed by atoms with van der Waals surface area (Å²) in [6.07, 6.45) is 6.85. The van der Waals surface area contributed by atoms with Crippen molar-refractivity contribution in [3.8, 4) is 41.2 Å². The maximum absolute atomic E-state index is 16.8. The molecule has 0 spiro atoms. The largest absolute Gasteiger partial charge is 0.508 e. The normalized spacial score (nSPS) is 23.3. The minimum absolute atomic E-state index is 0.0447. The first kappa shape index (κ1) is 27.5. The number of benzene rings is 2. The fourth-order valence-electron chi connectivity index (χ4n) is 7.02. The van der Waals surface area contributed by atoms with Crippen molar-refractivity contribution in [1.82, 2.24) is 19.9 Å². The van der Waals surface area contributed by atoms with E-state index in [1.54, 1.807) is 0 Å². The minimum Gasteiger partial charge on any atom is -0.508 e. The second-order valence-corrected chi connectivity index (χ2v) is 11.6. The van der Waals surface area contributed by atoms with Crippen LogP contribution >= 0.6 is 0 Å². The molecule has 0 amide bonds. The van der Waals surface area contributed by atoms with E-state index in [-0.39, 0.29) is 70.0 Å². The van der Waals surface area contributed by atoms with Gasteiger partial charge in [-0.1, -0.05) is 12.0 Å². The molecule has 11 heteroatoms. The van der Waals surface area contributed by atoms with Crippen molar-refractivity contribution in [3.05, 3.63) is 41.5 Å². The number of terminal acetylenes is 1. The number of fused-ring (bicyclic) bond motifs is 2. The Morgan fingerprint density at radius 3 is 2.84 bits per heavy atom. The van der Waals surface area contributed by atoms with E-state index in [2.05, 4.69) is 20.8 Å². The Balaban J connectivity index is 1.44. The number of anilines is 1. The van der Waals surface area contributed by atoms with Crippen LogP contribution in [0, 0.1) is 24.0 Å². The zero-order chi connectivity index (χ0) is 30.0. The van der Waals surface area contributed by atoms with E-state index in [0.29, 0.717) is 30.7 Å². The van der Waals surface area contributed by atoms with Crippen LogP contribution in [0.1, 0.15) is 38.7 Å². The molecule has 43 heavy (non-hydrogen) atoms. The van der Waals surface area contributed by atoms with Gasteiger partial charge in [0.2, 0.25) is 5.88 Å². The maximum Gasteiger partial charge on any atom is 0.319 e. The first-order chi connectivity index (χ1) is 20.7. The maximum atomic E-state index is 16.8. The van der Waals surface area contributed by atoms with Crippen molar-refractivity contribution in [2.75, 3.05) is 37.7 Å². The van der Waals surface area contributed by atoms with Gasteiger partial charge < -0.3 is 19.5 Å². The van der Waals surface area contributed by atoms with E-state index in [0.717, 1.165) is 19.4 Å². The number of phenols is 1. The third-order valence-corrected chi connectivity index (χ3v) is 9.00. The van der Waals surface area contributed by atoms with Crippen LogP contribution in [0.5, 0.6) is 17.6 Å². The van der Waals surface area contributed by atoms with Crippen LogP contribution in [-0.2, 0) is 0 Å². The zero-order valence-corrected chi connectivity index (χ0v) is 23.8. The molecule has 1 N–H and O–H groups in total. The number of pyridine rings is 1. The summed E-state index contributed by atoms with van der Waals surface area (Å²) in [4.78, 5) is 17.9. The number of ether oxygens (including phenoxy) is 2. The zero-order valence-electron chi connectivity index (χ0n) is 23.8. The predicted octanol–water partition coefficient (Wildman–Crippen LogP) is 5.37. The van der Waals surface area contributed by atoms with Crippen molar-refractivity contribution in [2.45, 2.75) is 50.9 Å². The molecule has 2 aromatic carbocycles. The number of hydrogen-bond acceptors (Lipinski definition) is 8. The number of aromatic nitrogens is 3. The fraction of sp³-hybridized carbons (Fsp3) is 0.406. The molecule has 222 valence electrons. The average molecular weight is 590 g/mol. The molecule has 2 fully saturated rings. The number of aromatic hydroxyl groups is 1. The lowest BCUT2D eigenvalue weighted by Crippen LogP contribution is -2.43. The summed E-state index contributed by atoms with van der Waals surface area (Å²) in [7, 11) is 0. The molecule has 4 aromatic rings. The van der Waals surface area contributed by atoms with Gasteiger partial charge in [0.05, 0.1) is 17.1 Å². The van der Waals surface area contributed by atoms with Gasteiger partial charge in [-0.3, -0.25) is 4.90 Å². The van der Waals surface area contributed by atoms with Crippen molar-refractivity contribution in [1.29, 1.82) is 0 Å². The molecule has 7 rings (SSSR count). The smallest absolute Gasteiger partial charge is 0.319 e. The SMILES string of the molecule is C#Cc1c(F)ccc2cc(O)cc(-c3nc4c5c(nc(OC[C@@]67CCCN6C[C@H](F)C7)nc5c3F)N(CC)[C@@H](C)CO4)c12. The van der Waals surface area contributed by atoms with Crippen molar-refractivity contribution < 1.29 is 27.8 Å². The summed E-state index contributed by atoms with van der Waals surface area (Å²) >= 11 is 0. The molecular formula is C32H30F3N5O3. The second kappa shape index (κ2) is 10.2. The molecule has 0 saturated carbocycles. The number of alkyl halides is 1. The quantitative estimate of drug-likeness (QED) is 0.311. The summed E-state index contributed by atoms with van der Waals surface area (Å²) in [6.45, 7) is 6.04. The summed E-state index contributed by atoms with van der Waals surface area (Å²) in [5.41, 5.74) is -0.749. The molecule has 0 unspecified atom stereocenters. The first-order valence-corrected chi connectivity index (χ1v) is 14.5. The Morgan fingerprint density at radius 2 is 2.05 bits per heavy atom. The van der Waals surface area contributed by atoms with Crippen LogP contribution in [0.15, 0.2) is 24.3 Å². The van der Waals surface area contributed by atoms with Crippen LogP contribution in [0.2, 0.25) is 0 Å². The van der Waals surface area contributed by atoms with E-state index in [1.165, 1.54) is 24.3 Å². The Kier molecular flexibility index (Phi) is 6.50. The summed E-state index contributed by atoms with van der Waals surface area (Å²) in [5, 5.41) is 11.5. The second-order valence-electron chi connectivity index (χ2n) is 11.6. The van der Waals surface area contributed by atoms with Crippen LogP contribution in [0.3, 0.4) is 0 Å². The van der Waals surface area contributed by atoms with Gasteiger partial charge in [-0.25, -0.2) is 18.2 Å². The Morgan fingerprint density at radius 1 is 1.21 bits per heavy atom. The fourth-order valence-corrected chi connectivity index (χ4v) is 7.02.